The predicted molar refractivity (Wildman–Crippen MR) is 56.6 cm³/mol. The van der Waals surface area contributed by atoms with Crippen molar-refractivity contribution >= 4 is 6.29 Å². The van der Waals surface area contributed by atoms with E-state index in [1.807, 2.05) is 12.1 Å². The maximum atomic E-state index is 12.7. The average Bonchev–Trinajstić information content (AvgIpc) is 2.30. The molecule has 2 aromatic carbocycles. The fraction of sp³-hybridized carbons (Fsp3) is 0. The fourth-order valence-electron chi connectivity index (χ4n) is 1.37. The summed E-state index contributed by atoms with van der Waals surface area (Å²) >= 11 is 0. The highest BCUT2D eigenvalue weighted by Gasteiger charge is 1.98. The Labute approximate surface area is 87.2 Å². The molecule has 0 aromatic heterocycles. The zero-order valence-corrected chi connectivity index (χ0v) is 7.91. The van der Waals surface area contributed by atoms with Crippen molar-refractivity contribution in [3.63, 3.8) is 0 Å². The zero-order chi connectivity index (χ0) is 10.7. The maximum absolute atomic E-state index is 12.7. The molecule has 73 valence electrons. The number of carbonyl (C=O) groups excluding carboxylic acids is 1. The van der Waals surface area contributed by atoms with Crippen molar-refractivity contribution in [3.8, 4) is 11.1 Å². The van der Waals surface area contributed by atoms with E-state index in [0.717, 1.165) is 11.1 Å². The lowest BCUT2D eigenvalue weighted by atomic mass is 10.0. The van der Waals surface area contributed by atoms with Gasteiger partial charge in [-0.1, -0.05) is 36.4 Å². The van der Waals surface area contributed by atoms with Crippen LogP contribution in [-0.4, -0.2) is 6.29 Å². The van der Waals surface area contributed by atoms with Gasteiger partial charge in [0.25, 0.3) is 0 Å². The quantitative estimate of drug-likeness (QED) is 0.726. The van der Waals surface area contributed by atoms with E-state index in [1.54, 1.807) is 30.6 Å². The zero-order valence-electron chi connectivity index (χ0n) is 7.91. The van der Waals surface area contributed by atoms with Crippen LogP contribution in [0.5, 0.6) is 0 Å². The van der Waals surface area contributed by atoms with Crippen LogP contribution in [0.1, 0.15) is 5.56 Å². The van der Waals surface area contributed by atoms with E-state index in [-0.39, 0.29) is 5.82 Å². The minimum Gasteiger partial charge on any atom is -0.285 e. The summed E-state index contributed by atoms with van der Waals surface area (Å²) in [6.07, 6.45) is 1.80. The average molecular weight is 199 g/mol. The second-order valence-corrected chi connectivity index (χ2v) is 3.19. The Balaban J connectivity index is 2.37. The van der Waals surface area contributed by atoms with Gasteiger partial charge in [-0.25, -0.2) is 4.39 Å². The van der Waals surface area contributed by atoms with Crippen LogP contribution in [0.3, 0.4) is 0 Å². The van der Waals surface area contributed by atoms with Gasteiger partial charge >= 0.3 is 0 Å². The molecule has 0 fully saturated rings. The lowest BCUT2D eigenvalue weighted by molar-refractivity contribution is 0.563. The Morgan fingerprint density at radius 1 is 0.800 bits per heavy atom. The van der Waals surface area contributed by atoms with E-state index in [9.17, 15) is 9.18 Å². The van der Waals surface area contributed by atoms with E-state index in [1.165, 1.54) is 12.1 Å². The van der Waals surface area contributed by atoms with Crippen molar-refractivity contribution in [2.45, 2.75) is 0 Å². The third-order valence-electron chi connectivity index (χ3n) is 2.18. The summed E-state index contributed by atoms with van der Waals surface area (Å²) in [5.41, 5.74) is 2.39. The summed E-state index contributed by atoms with van der Waals surface area (Å²) in [4.78, 5) is 10.3. The summed E-state index contributed by atoms with van der Waals surface area (Å²) in [5.74, 6) is -0.253. The van der Waals surface area contributed by atoms with Gasteiger partial charge in [0.15, 0.2) is 0 Å². The SMILES string of the molecule is O=[C]c1ccc(-c2ccc(F)cc2)cc1. The number of hydrogen-bond acceptors (Lipinski definition) is 1. The first-order chi connectivity index (χ1) is 7.29. The van der Waals surface area contributed by atoms with Gasteiger partial charge in [0, 0.05) is 5.56 Å². The first-order valence-electron chi connectivity index (χ1n) is 4.54. The normalized spacial score (nSPS) is 9.93. The molecule has 0 amide bonds. The van der Waals surface area contributed by atoms with Crippen molar-refractivity contribution in [2.24, 2.45) is 0 Å². The first-order valence-corrected chi connectivity index (χ1v) is 4.54. The standard InChI is InChI=1S/C13H8FO/c14-13-7-5-12(6-8-13)11-3-1-10(9-15)2-4-11/h1-8H. The molecule has 0 spiro atoms. The third kappa shape index (κ3) is 2.10. The topological polar surface area (TPSA) is 17.1 Å². The Kier molecular flexibility index (Phi) is 2.59. The van der Waals surface area contributed by atoms with Gasteiger partial charge in [-0.05, 0) is 23.3 Å². The van der Waals surface area contributed by atoms with Crippen LogP contribution in [0, 0.1) is 5.82 Å². The molecule has 2 aromatic rings. The molecule has 1 radical (unpaired) electrons. The Morgan fingerprint density at radius 3 is 1.73 bits per heavy atom. The van der Waals surface area contributed by atoms with Crippen molar-refractivity contribution in [3.05, 3.63) is 59.9 Å². The highest BCUT2D eigenvalue weighted by atomic mass is 19.1. The Hall–Kier alpha value is -1.96. The predicted octanol–water partition coefficient (Wildman–Crippen LogP) is 2.95. The minimum atomic E-state index is -0.253. The molecular weight excluding hydrogens is 191 g/mol. The highest BCUT2D eigenvalue weighted by Crippen LogP contribution is 2.19. The van der Waals surface area contributed by atoms with Crippen LogP contribution in [0.4, 0.5) is 4.39 Å². The van der Waals surface area contributed by atoms with Crippen molar-refractivity contribution in [1.82, 2.24) is 0 Å². The van der Waals surface area contributed by atoms with E-state index < -0.39 is 0 Å². The molecule has 15 heavy (non-hydrogen) atoms. The molecule has 0 aliphatic heterocycles. The summed E-state index contributed by atoms with van der Waals surface area (Å²) in [5, 5.41) is 0. The van der Waals surface area contributed by atoms with E-state index in [0.29, 0.717) is 5.56 Å². The smallest absolute Gasteiger partial charge is 0.233 e. The lowest BCUT2D eigenvalue weighted by Crippen LogP contribution is -1.82. The van der Waals surface area contributed by atoms with Gasteiger partial charge in [-0.3, -0.25) is 4.79 Å². The van der Waals surface area contributed by atoms with Crippen LogP contribution in [-0.2, 0) is 4.79 Å². The summed E-state index contributed by atoms with van der Waals surface area (Å²) in [6.45, 7) is 0. The molecule has 0 atom stereocenters. The van der Waals surface area contributed by atoms with E-state index in [4.69, 9.17) is 0 Å². The second-order valence-electron chi connectivity index (χ2n) is 3.19. The molecule has 0 aliphatic carbocycles. The lowest BCUT2D eigenvalue weighted by Gasteiger charge is -2.00. The minimum absolute atomic E-state index is 0.253. The van der Waals surface area contributed by atoms with E-state index >= 15 is 0 Å². The molecule has 0 unspecified atom stereocenters. The number of halogens is 1. The number of hydrogen-bond donors (Lipinski definition) is 0. The summed E-state index contributed by atoms with van der Waals surface area (Å²) in [6, 6.07) is 13.2. The molecule has 2 heteroatoms. The Bertz CT molecular complexity index is 457. The molecule has 0 saturated carbocycles. The van der Waals surface area contributed by atoms with Gasteiger partial charge in [0.1, 0.15) is 5.82 Å². The Morgan fingerprint density at radius 2 is 1.27 bits per heavy atom. The molecule has 0 saturated heterocycles. The molecule has 0 N–H and O–H groups in total. The van der Waals surface area contributed by atoms with Gasteiger partial charge in [0.05, 0.1) is 0 Å². The van der Waals surface area contributed by atoms with Gasteiger partial charge in [0.2, 0.25) is 6.29 Å². The van der Waals surface area contributed by atoms with Crippen LogP contribution in [0.25, 0.3) is 11.1 Å². The maximum Gasteiger partial charge on any atom is 0.233 e. The first kappa shape index (κ1) is 9.59. The third-order valence-corrected chi connectivity index (χ3v) is 2.18. The van der Waals surface area contributed by atoms with Gasteiger partial charge in [-0.2, -0.15) is 0 Å². The monoisotopic (exact) mass is 199 g/mol. The second kappa shape index (κ2) is 4.05. The molecule has 2 rings (SSSR count). The van der Waals surface area contributed by atoms with Crippen LogP contribution >= 0.6 is 0 Å². The van der Waals surface area contributed by atoms with Crippen molar-refractivity contribution < 1.29 is 9.18 Å². The molecule has 1 nitrogen and oxygen atoms in total. The van der Waals surface area contributed by atoms with E-state index in [2.05, 4.69) is 0 Å². The van der Waals surface area contributed by atoms with Crippen LogP contribution < -0.4 is 0 Å². The molecule has 0 heterocycles. The molecule has 0 bridgehead atoms. The molecular formula is C13H8FO. The number of benzene rings is 2. The largest absolute Gasteiger partial charge is 0.285 e. The molecule has 0 aliphatic rings. The summed E-state index contributed by atoms with van der Waals surface area (Å²) < 4.78 is 12.7. The van der Waals surface area contributed by atoms with Gasteiger partial charge < -0.3 is 0 Å². The number of rotatable bonds is 2. The fourth-order valence-corrected chi connectivity index (χ4v) is 1.37. The van der Waals surface area contributed by atoms with Crippen LogP contribution in [0.2, 0.25) is 0 Å². The van der Waals surface area contributed by atoms with Crippen LogP contribution in [0.15, 0.2) is 48.5 Å². The summed E-state index contributed by atoms with van der Waals surface area (Å²) in [7, 11) is 0. The highest BCUT2D eigenvalue weighted by molar-refractivity contribution is 5.77. The van der Waals surface area contributed by atoms with Crippen molar-refractivity contribution in [1.29, 1.82) is 0 Å². The van der Waals surface area contributed by atoms with Gasteiger partial charge in [-0.15, -0.1) is 0 Å². The van der Waals surface area contributed by atoms with Crippen molar-refractivity contribution in [2.75, 3.05) is 0 Å².